The Morgan fingerprint density at radius 3 is 2.37 bits per heavy atom. The molecule has 5 heteroatoms. The van der Waals surface area contributed by atoms with Gasteiger partial charge in [0.05, 0.1) is 5.56 Å². The summed E-state index contributed by atoms with van der Waals surface area (Å²) >= 11 is 0. The molecule has 0 spiro atoms. The summed E-state index contributed by atoms with van der Waals surface area (Å²) in [5.41, 5.74) is 0.338. The van der Waals surface area contributed by atoms with Crippen molar-refractivity contribution in [3.8, 4) is 0 Å². The van der Waals surface area contributed by atoms with Crippen molar-refractivity contribution < 1.29 is 18.0 Å². The maximum absolute atomic E-state index is 13.4. The van der Waals surface area contributed by atoms with E-state index in [1.165, 1.54) is 12.1 Å². The summed E-state index contributed by atoms with van der Waals surface area (Å²) in [5.74, 6) is -2.97. The first-order chi connectivity index (χ1) is 8.97. The van der Waals surface area contributed by atoms with Crippen molar-refractivity contribution in [2.24, 2.45) is 0 Å². The van der Waals surface area contributed by atoms with E-state index in [4.69, 9.17) is 0 Å². The van der Waals surface area contributed by atoms with Crippen LogP contribution in [-0.4, -0.2) is 5.91 Å². The first kappa shape index (κ1) is 13.1. The molecule has 0 unspecified atom stereocenters. The van der Waals surface area contributed by atoms with Gasteiger partial charge in [-0.25, -0.2) is 13.2 Å². The number of rotatable bonds is 2. The third kappa shape index (κ3) is 2.93. The summed E-state index contributed by atoms with van der Waals surface area (Å²) in [7, 11) is 0. The van der Waals surface area contributed by atoms with Gasteiger partial charge in [0.1, 0.15) is 17.5 Å². The minimum atomic E-state index is -0.968. The molecule has 0 aliphatic rings. The highest BCUT2D eigenvalue weighted by molar-refractivity contribution is 6.04. The molecule has 0 radical (unpaired) electrons. The van der Waals surface area contributed by atoms with Crippen LogP contribution in [0.3, 0.4) is 0 Å². The molecule has 0 aliphatic heterocycles. The van der Waals surface area contributed by atoms with Crippen LogP contribution in [0.4, 0.5) is 18.9 Å². The maximum Gasteiger partial charge on any atom is 0.258 e. The Hall–Kier alpha value is -2.30. The van der Waals surface area contributed by atoms with Gasteiger partial charge in [-0.1, -0.05) is 6.07 Å². The molecule has 2 aromatic rings. The standard InChI is InChI=1S/C14H10F3NO/c1-8-2-4-10(7-12(8)16)18-14(19)11-5-3-9(15)6-13(11)17/h2-7H,1H3,(H,18,19). The lowest BCUT2D eigenvalue weighted by Crippen LogP contribution is -2.14. The van der Waals surface area contributed by atoms with E-state index in [0.29, 0.717) is 11.6 Å². The summed E-state index contributed by atoms with van der Waals surface area (Å²) in [6, 6.07) is 6.75. The summed E-state index contributed by atoms with van der Waals surface area (Å²) < 4.78 is 39.4. The minimum Gasteiger partial charge on any atom is -0.322 e. The van der Waals surface area contributed by atoms with Crippen molar-refractivity contribution in [3.63, 3.8) is 0 Å². The van der Waals surface area contributed by atoms with Crippen molar-refractivity contribution in [2.45, 2.75) is 6.92 Å². The zero-order valence-electron chi connectivity index (χ0n) is 10.0. The van der Waals surface area contributed by atoms with E-state index in [0.717, 1.165) is 18.2 Å². The molecular weight excluding hydrogens is 255 g/mol. The number of benzene rings is 2. The zero-order chi connectivity index (χ0) is 14.0. The highest BCUT2D eigenvalue weighted by Crippen LogP contribution is 2.16. The van der Waals surface area contributed by atoms with E-state index in [2.05, 4.69) is 5.32 Å². The predicted octanol–water partition coefficient (Wildman–Crippen LogP) is 3.66. The van der Waals surface area contributed by atoms with Gasteiger partial charge in [0.2, 0.25) is 0 Å². The molecule has 0 aromatic heterocycles. The number of anilines is 1. The summed E-state index contributed by atoms with van der Waals surface area (Å²) in [6.07, 6.45) is 0. The van der Waals surface area contributed by atoms with E-state index >= 15 is 0 Å². The van der Waals surface area contributed by atoms with Gasteiger partial charge in [-0.3, -0.25) is 4.79 Å². The van der Waals surface area contributed by atoms with E-state index in [1.807, 2.05) is 0 Å². The molecule has 0 saturated carbocycles. The lowest BCUT2D eigenvalue weighted by molar-refractivity contribution is 0.102. The minimum absolute atomic E-state index is 0.205. The average molecular weight is 265 g/mol. The van der Waals surface area contributed by atoms with E-state index in [9.17, 15) is 18.0 Å². The molecular formula is C14H10F3NO. The van der Waals surface area contributed by atoms with E-state index in [1.54, 1.807) is 6.92 Å². The molecule has 1 N–H and O–H groups in total. The van der Waals surface area contributed by atoms with Crippen LogP contribution < -0.4 is 5.32 Å². The van der Waals surface area contributed by atoms with Gasteiger partial charge in [0.25, 0.3) is 5.91 Å². The Morgan fingerprint density at radius 1 is 1.00 bits per heavy atom. The van der Waals surface area contributed by atoms with Crippen LogP contribution in [0, 0.1) is 24.4 Å². The molecule has 2 aromatic carbocycles. The smallest absolute Gasteiger partial charge is 0.258 e. The Morgan fingerprint density at radius 2 is 1.74 bits per heavy atom. The normalized spacial score (nSPS) is 10.3. The van der Waals surface area contributed by atoms with Crippen LogP contribution in [0.5, 0.6) is 0 Å². The second-order valence-electron chi connectivity index (χ2n) is 4.04. The van der Waals surface area contributed by atoms with Crippen LogP contribution >= 0.6 is 0 Å². The molecule has 2 rings (SSSR count). The maximum atomic E-state index is 13.4. The third-order valence-corrected chi connectivity index (χ3v) is 2.61. The molecule has 2 nitrogen and oxygen atoms in total. The second-order valence-corrected chi connectivity index (χ2v) is 4.04. The average Bonchev–Trinajstić information content (AvgIpc) is 2.33. The molecule has 0 fully saturated rings. The topological polar surface area (TPSA) is 29.1 Å². The predicted molar refractivity (Wildman–Crippen MR) is 65.4 cm³/mol. The first-order valence-electron chi connectivity index (χ1n) is 5.50. The Bertz CT molecular complexity index is 641. The van der Waals surface area contributed by atoms with Gasteiger partial charge in [0.15, 0.2) is 0 Å². The van der Waals surface area contributed by atoms with Gasteiger partial charge in [-0.2, -0.15) is 0 Å². The fourth-order valence-corrected chi connectivity index (χ4v) is 1.54. The lowest BCUT2D eigenvalue weighted by Gasteiger charge is -2.07. The number of nitrogens with one attached hydrogen (secondary N) is 1. The van der Waals surface area contributed by atoms with E-state index in [-0.39, 0.29) is 11.3 Å². The van der Waals surface area contributed by atoms with Crippen LogP contribution in [0.1, 0.15) is 15.9 Å². The highest BCUT2D eigenvalue weighted by Gasteiger charge is 2.13. The van der Waals surface area contributed by atoms with E-state index < -0.39 is 23.4 Å². The van der Waals surface area contributed by atoms with Crippen molar-refractivity contribution in [1.29, 1.82) is 0 Å². The molecule has 0 bridgehead atoms. The fraction of sp³-hybridized carbons (Fsp3) is 0.0714. The van der Waals surface area contributed by atoms with Crippen molar-refractivity contribution in [1.82, 2.24) is 0 Å². The summed E-state index contributed by atoms with van der Waals surface area (Å²) in [4.78, 5) is 11.7. The number of aryl methyl sites for hydroxylation is 1. The quantitative estimate of drug-likeness (QED) is 0.882. The third-order valence-electron chi connectivity index (χ3n) is 2.61. The Kier molecular flexibility index (Phi) is 3.55. The van der Waals surface area contributed by atoms with Crippen molar-refractivity contribution in [3.05, 3.63) is 65.0 Å². The number of halogens is 3. The number of hydrogen-bond donors (Lipinski definition) is 1. The van der Waals surface area contributed by atoms with Gasteiger partial charge < -0.3 is 5.32 Å². The molecule has 98 valence electrons. The van der Waals surface area contributed by atoms with Gasteiger partial charge >= 0.3 is 0 Å². The Balaban J connectivity index is 2.23. The molecule has 19 heavy (non-hydrogen) atoms. The molecule has 1 amide bonds. The lowest BCUT2D eigenvalue weighted by atomic mass is 10.1. The van der Waals surface area contributed by atoms with Crippen LogP contribution in [0.15, 0.2) is 36.4 Å². The molecule has 0 atom stereocenters. The van der Waals surface area contributed by atoms with Gasteiger partial charge in [-0.15, -0.1) is 0 Å². The SMILES string of the molecule is Cc1ccc(NC(=O)c2ccc(F)cc2F)cc1F. The summed E-state index contributed by atoms with van der Waals surface area (Å²) in [5, 5.41) is 2.35. The number of amides is 1. The fourth-order valence-electron chi connectivity index (χ4n) is 1.54. The Labute approximate surface area is 107 Å². The van der Waals surface area contributed by atoms with Gasteiger partial charge in [-0.05, 0) is 36.8 Å². The largest absolute Gasteiger partial charge is 0.322 e. The van der Waals surface area contributed by atoms with Gasteiger partial charge in [0, 0.05) is 11.8 Å². The number of carbonyl (C=O) groups is 1. The van der Waals surface area contributed by atoms with Crippen LogP contribution in [-0.2, 0) is 0 Å². The molecule has 0 saturated heterocycles. The van der Waals surface area contributed by atoms with Crippen LogP contribution in [0.25, 0.3) is 0 Å². The van der Waals surface area contributed by atoms with Crippen molar-refractivity contribution in [2.75, 3.05) is 5.32 Å². The first-order valence-corrected chi connectivity index (χ1v) is 5.50. The summed E-state index contributed by atoms with van der Waals surface area (Å²) in [6.45, 7) is 1.58. The monoisotopic (exact) mass is 265 g/mol. The number of hydrogen-bond acceptors (Lipinski definition) is 1. The zero-order valence-corrected chi connectivity index (χ0v) is 10.0. The van der Waals surface area contributed by atoms with Crippen molar-refractivity contribution >= 4 is 11.6 Å². The van der Waals surface area contributed by atoms with Crippen LogP contribution in [0.2, 0.25) is 0 Å². The number of carbonyl (C=O) groups excluding carboxylic acids is 1. The molecule has 0 heterocycles. The molecule has 0 aliphatic carbocycles. The second kappa shape index (κ2) is 5.14. The highest BCUT2D eigenvalue weighted by atomic mass is 19.1.